The highest BCUT2D eigenvalue weighted by molar-refractivity contribution is 9.10. The predicted octanol–water partition coefficient (Wildman–Crippen LogP) is 5.70. The second-order valence-corrected chi connectivity index (χ2v) is 9.64. The van der Waals surface area contributed by atoms with Crippen LogP contribution in [0.25, 0.3) is 6.08 Å². The highest BCUT2D eigenvalue weighted by Crippen LogP contribution is 2.38. The molecule has 1 saturated heterocycles. The number of nitrogens with one attached hydrogen (secondary N) is 1. The van der Waals surface area contributed by atoms with Gasteiger partial charge in [-0.05, 0) is 68.9 Å². The molecule has 0 atom stereocenters. The Kier molecular flexibility index (Phi) is 7.29. The molecule has 0 unspecified atom stereocenters. The molecule has 0 spiro atoms. The Morgan fingerprint density at radius 1 is 1.10 bits per heavy atom. The summed E-state index contributed by atoms with van der Waals surface area (Å²) >= 11 is 3.50. The summed E-state index contributed by atoms with van der Waals surface area (Å²) in [6.07, 6.45) is 1.53. The maximum atomic E-state index is 12.3. The van der Waals surface area contributed by atoms with Crippen LogP contribution in [0, 0.1) is 6.92 Å². The number of hydrogen-bond acceptors (Lipinski definition) is 4. The summed E-state index contributed by atoms with van der Waals surface area (Å²) in [6.45, 7) is 10.6. The number of hydrogen-bond donors (Lipinski definition) is 1. The van der Waals surface area contributed by atoms with Gasteiger partial charge in [-0.2, -0.15) is 0 Å². The van der Waals surface area contributed by atoms with Gasteiger partial charge in [0.2, 0.25) is 0 Å². The highest BCUT2D eigenvalue weighted by atomic mass is 79.9. The maximum absolute atomic E-state index is 12.3. The SMILES string of the molecule is Cc1cc(Br)ccc1C=C(CNC(=O)OCc1ccccc1)B1OC(C)(C)C(C)(C)O1. The summed E-state index contributed by atoms with van der Waals surface area (Å²) < 4.78 is 18.8. The second-order valence-electron chi connectivity index (χ2n) is 8.72. The maximum Gasteiger partial charge on any atom is 0.492 e. The lowest BCUT2D eigenvalue weighted by molar-refractivity contribution is 0.00578. The standard InChI is InChI=1S/C24H29BBrNO4/c1-17-13-21(26)12-11-19(17)14-20(25-30-23(2,3)24(4,5)31-25)15-27-22(28)29-16-18-9-7-6-8-10-18/h6-14H,15-16H2,1-5H3,(H,27,28). The molecule has 2 aromatic carbocycles. The minimum Gasteiger partial charge on any atom is -0.445 e. The van der Waals surface area contributed by atoms with E-state index in [0.29, 0.717) is 0 Å². The van der Waals surface area contributed by atoms with Crippen LogP contribution in [0.5, 0.6) is 0 Å². The Balaban J connectivity index is 1.74. The Morgan fingerprint density at radius 3 is 2.35 bits per heavy atom. The van der Waals surface area contributed by atoms with E-state index in [1.54, 1.807) is 0 Å². The van der Waals surface area contributed by atoms with Crippen molar-refractivity contribution >= 4 is 35.2 Å². The van der Waals surface area contributed by atoms with Crippen LogP contribution < -0.4 is 5.32 Å². The molecule has 0 aromatic heterocycles. The number of benzene rings is 2. The van der Waals surface area contributed by atoms with Gasteiger partial charge in [0.1, 0.15) is 6.61 Å². The van der Waals surface area contributed by atoms with Crippen LogP contribution in [-0.4, -0.2) is 31.0 Å². The fraction of sp³-hybridized carbons (Fsp3) is 0.375. The molecule has 0 saturated carbocycles. The van der Waals surface area contributed by atoms with Crippen LogP contribution in [-0.2, 0) is 20.7 Å². The third kappa shape index (κ3) is 6.00. The summed E-state index contributed by atoms with van der Waals surface area (Å²) in [4.78, 5) is 12.3. The van der Waals surface area contributed by atoms with E-state index in [0.717, 1.165) is 26.6 Å². The van der Waals surface area contributed by atoms with Gasteiger partial charge in [-0.15, -0.1) is 0 Å². The quantitative estimate of drug-likeness (QED) is 0.533. The molecule has 31 heavy (non-hydrogen) atoms. The summed E-state index contributed by atoms with van der Waals surface area (Å²) in [7, 11) is -0.567. The fourth-order valence-corrected chi connectivity index (χ4v) is 3.62. The summed E-state index contributed by atoms with van der Waals surface area (Å²) in [5, 5.41) is 2.84. The van der Waals surface area contributed by atoms with Crippen molar-refractivity contribution in [3.63, 3.8) is 0 Å². The molecule has 1 N–H and O–H groups in total. The largest absolute Gasteiger partial charge is 0.492 e. The molecule has 164 valence electrons. The molecular formula is C24H29BBrNO4. The number of ether oxygens (including phenoxy) is 1. The van der Waals surface area contributed by atoms with E-state index in [2.05, 4.69) is 27.3 Å². The first-order valence-electron chi connectivity index (χ1n) is 10.3. The topological polar surface area (TPSA) is 56.8 Å². The van der Waals surface area contributed by atoms with Gasteiger partial charge in [0.05, 0.1) is 11.2 Å². The average Bonchev–Trinajstić information content (AvgIpc) is 2.93. The van der Waals surface area contributed by atoms with Gasteiger partial charge in [-0.1, -0.05) is 58.4 Å². The Hall–Kier alpha value is -2.09. The molecule has 1 heterocycles. The van der Waals surface area contributed by atoms with Crippen LogP contribution in [0.2, 0.25) is 0 Å². The van der Waals surface area contributed by atoms with Gasteiger partial charge in [-0.25, -0.2) is 4.79 Å². The lowest BCUT2D eigenvalue weighted by atomic mass is 9.76. The van der Waals surface area contributed by atoms with Gasteiger partial charge < -0.3 is 19.4 Å². The van der Waals surface area contributed by atoms with E-state index in [9.17, 15) is 4.79 Å². The van der Waals surface area contributed by atoms with E-state index in [1.807, 2.05) is 83.2 Å². The minimum atomic E-state index is -0.567. The normalized spacial score (nSPS) is 17.5. The number of rotatable bonds is 6. The average molecular weight is 486 g/mol. The molecule has 1 fully saturated rings. The van der Waals surface area contributed by atoms with Crippen molar-refractivity contribution in [2.24, 2.45) is 0 Å². The number of alkyl carbamates (subject to hydrolysis) is 1. The smallest absolute Gasteiger partial charge is 0.445 e. The van der Waals surface area contributed by atoms with Gasteiger partial charge >= 0.3 is 13.2 Å². The van der Waals surface area contributed by atoms with Crippen molar-refractivity contribution in [2.45, 2.75) is 52.4 Å². The summed E-state index contributed by atoms with van der Waals surface area (Å²) in [5.74, 6) is 0. The van der Waals surface area contributed by atoms with E-state index < -0.39 is 24.4 Å². The highest BCUT2D eigenvalue weighted by Gasteiger charge is 2.52. The molecule has 7 heteroatoms. The number of carbonyl (C=O) groups excluding carboxylic acids is 1. The van der Waals surface area contributed by atoms with Crippen LogP contribution in [0.15, 0.2) is 58.5 Å². The third-order valence-corrected chi connectivity index (χ3v) is 6.27. The number of aryl methyl sites for hydroxylation is 1. The molecule has 1 aliphatic rings. The molecule has 0 aliphatic carbocycles. The zero-order valence-corrected chi connectivity index (χ0v) is 20.3. The van der Waals surface area contributed by atoms with E-state index in [4.69, 9.17) is 14.0 Å². The van der Waals surface area contributed by atoms with Gasteiger partial charge in [-0.3, -0.25) is 0 Å². The van der Waals surface area contributed by atoms with Crippen LogP contribution in [0.1, 0.15) is 44.4 Å². The first-order chi connectivity index (χ1) is 14.6. The first kappa shape index (κ1) is 23.6. The Morgan fingerprint density at radius 2 is 1.74 bits per heavy atom. The zero-order valence-electron chi connectivity index (χ0n) is 18.7. The van der Waals surface area contributed by atoms with Crippen molar-refractivity contribution < 1.29 is 18.8 Å². The first-order valence-corrected chi connectivity index (χ1v) is 11.1. The molecular weight excluding hydrogens is 457 g/mol. The minimum absolute atomic E-state index is 0.216. The lowest BCUT2D eigenvalue weighted by Crippen LogP contribution is -2.41. The van der Waals surface area contributed by atoms with Crippen molar-refractivity contribution in [1.29, 1.82) is 0 Å². The van der Waals surface area contributed by atoms with Crippen molar-refractivity contribution in [1.82, 2.24) is 5.32 Å². The Bertz CT molecular complexity index is 943. The lowest BCUT2D eigenvalue weighted by Gasteiger charge is -2.32. The van der Waals surface area contributed by atoms with Crippen molar-refractivity contribution in [3.8, 4) is 0 Å². The third-order valence-electron chi connectivity index (χ3n) is 5.78. The zero-order chi connectivity index (χ0) is 22.6. The monoisotopic (exact) mass is 485 g/mol. The molecule has 2 aromatic rings. The summed E-state index contributed by atoms with van der Waals surface area (Å²) in [6, 6.07) is 15.6. The molecule has 1 amide bonds. The van der Waals surface area contributed by atoms with Crippen LogP contribution in [0.4, 0.5) is 4.79 Å². The van der Waals surface area contributed by atoms with Crippen molar-refractivity contribution in [3.05, 3.63) is 75.2 Å². The number of halogens is 1. The molecule has 3 rings (SSSR count). The number of amides is 1. The summed E-state index contributed by atoms with van der Waals surface area (Å²) in [5.41, 5.74) is 2.95. The molecule has 5 nitrogen and oxygen atoms in total. The van der Waals surface area contributed by atoms with E-state index >= 15 is 0 Å². The fourth-order valence-electron chi connectivity index (χ4n) is 3.15. The van der Waals surface area contributed by atoms with E-state index in [1.165, 1.54) is 0 Å². The molecule has 1 aliphatic heterocycles. The van der Waals surface area contributed by atoms with Crippen LogP contribution >= 0.6 is 15.9 Å². The predicted molar refractivity (Wildman–Crippen MR) is 128 cm³/mol. The van der Waals surface area contributed by atoms with Crippen molar-refractivity contribution in [2.75, 3.05) is 6.54 Å². The molecule has 0 radical (unpaired) electrons. The van der Waals surface area contributed by atoms with Gasteiger partial charge in [0.15, 0.2) is 0 Å². The molecule has 0 bridgehead atoms. The van der Waals surface area contributed by atoms with Gasteiger partial charge in [0, 0.05) is 11.0 Å². The Labute approximate surface area is 193 Å². The van der Waals surface area contributed by atoms with Crippen LogP contribution in [0.3, 0.4) is 0 Å². The second kappa shape index (κ2) is 9.59. The number of carbonyl (C=O) groups is 1. The van der Waals surface area contributed by atoms with E-state index in [-0.39, 0.29) is 13.2 Å². The van der Waals surface area contributed by atoms with Gasteiger partial charge in [0.25, 0.3) is 0 Å².